The van der Waals surface area contributed by atoms with Gasteiger partial charge in [0.15, 0.2) is 0 Å². The summed E-state index contributed by atoms with van der Waals surface area (Å²) in [6.07, 6.45) is 0. The second kappa shape index (κ2) is 10.7. The van der Waals surface area contributed by atoms with Gasteiger partial charge in [-0.05, 0) is 107 Å². The highest BCUT2D eigenvalue weighted by molar-refractivity contribution is 6.18. The van der Waals surface area contributed by atoms with Gasteiger partial charge >= 0.3 is 0 Å². The highest BCUT2D eigenvalue weighted by Gasteiger charge is 2.42. The molecule has 0 aliphatic heterocycles. The van der Waals surface area contributed by atoms with Gasteiger partial charge in [-0.2, -0.15) is 0 Å². The minimum absolute atomic E-state index is 0.184. The van der Waals surface area contributed by atoms with Crippen molar-refractivity contribution in [2.75, 3.05) is 4.90 Å². The number of benzene rings is 9. The molecule has 0 N–H and O–H groups in total. The normalized spacial score (nSPS) is 14.7. The summed E-state index contributed by atoms with van der Waals surface area (Å²) in [5, 5.41) is 10.5. The van der Waals surface area contributed by atoms with Crippen LogP contribution in [0.15, 0.2) is 164 Å². The highest BCUT2D eigenvalue weighted by Crippen LogP contribution is 2.60. The summed E-state index contributed by atoms with van der Waals surface area (Å²) in [6, 6.07) is 61.3. The van der Waals surface area contributed by atoms with Gasteiger partial charge < -0.3 is 4.90 Å². The zero-order chi connectivity index (χ0) is 35.6. The molecule has 0 atom stereocenters. The van der Waals surface area contributed by atoms with Crippen LogP contribution in [0.4, 0.5) is 17.1 Å². The lowest BCUT2D eigenvalue weighted by molar-refractivity contribution is 0.666. The Balaban J connectivity index is 1.23. The molecular weight excluding hydrogens is 639 g/mol. The van der Waals surface area contributed by atoms with E-state index < -0.39 is 0 Å². The Morgan fingerprint density at radius 2 is 0.925 bits per heavy atom. The molecule has 0 fully saturated rings. The third kappa shape index (κ3) is 4.03. The Bertz CT molecular complexity index is 3000. The summed E-state index contributed by atoms with van der Waals surface area (Å²) in [7, 11) is 0. The van der Waals surface area contributed by atoms with Crippen molar-refractivity contribution in [2.24, 2.45) is 0 Å². The second-order valence-electron chi connectivity index (χ2n) is 16.1. The van der Waals surface area contributed by atoms with Gasteiger partial charge in [0.1, 0.15) is 0 Å². The van der Waals surface area contributed by atoms with Crippen LogP contribution in [0.25, 0.3) is 65.3 Å². The fourth-order valence-corrected chi connectivity index (χ4v) is 10.2. The number of rotatable bonds is 3. The maximum absolute atomic E-state index is 2.55. The van der Waals surface area contributed by atoms with Gasteiger partial charge in [0, 0.05) is 33.2 Å². The van der Waals surface area contributed by atoms with E-state index in [0.29, 0.717) is 0 Å². The minimum Gasteiger partial charge on any atom is -0.309 e. The zero-order valence-electron chi connectivity index (χ0n) is 30.5. The van der Waals surface area contributed by atoms with E-state index in [2.05, 4.69) is 196 Å². The molecule has 0 saturated heterocycles. The number of hydrogen-bond acceptors (Lipinski definition) is 1. The summed E-state index contributed by atoms with van der Waals surface area (Å²) in [4.78, 5) is 2.55. The van der Waals surface area contributed by atoms with E-state index in [9.17, 15) is 0 Å². The van der Waals surface area contributed by atoms with Gasteiger partial charge in [-0.3, -0.25) is 0 Å². The first-order valence-electron chi connectivity index (χ1n) is 18.9. The molecule has 53 heavy (non-hydrogen) atoms. The summed E-state index contributed by atoms with van der Waals surface area (Å²) in [5.74, 6) is 0. The van der Waals surface area contributed by atoms with Crippen molar-refractivity contribution < 1.29 is 0 Å². The van der Waals surface area contributed by atoms with Crippen molar-refractivity contribution >= 4 is 60.2 Å². The maximum Gasteiger partial charge on any atom is 0.0621 e. The molecule has 0 heterocycles. The Kier molecular flexibility index (Phi) is 6.14. The molecule has 0 amide bonds. The Morgan fingerprint density at radius 1 is 0.358 bits per heavy atom. The lowest BCUT2D eigenvalue weighted by Crippen LogP contribution is -2.18. The highest BCUT2D eigenvalue weighted by atomic mass is 15.1. The lowest BCUT2D eigenvalue weighted by Gasteiger charge is -2.31. The number of nitrogens with zero attached hydrogens (tertiary/aromatic N) is 1. The van der Waals surface area contributed by atoms with E-state index in [1.165, 1.54) is 99.0 Å². The number of anilines is 3. The molecule has 0 aromatic heterocycles. The first-order valence-corrected chi connectivity index (χ1v) is 18.9. The average Bonchev–Trinajstić information content (AvgIpc) is 3.58. The third-order valence-corrected chi connectivity index (χ3v) is 12.5. The number of para-hydroxylation sites is 1. The van der Waals surface area contributed by atoms with Crippen LogP contribution in [0.2, 0.25) is 0 Å². The monoisotopic (exact) mass is 677 g/mol. The van der Waals surface area contributed by atoms with Gasteiger partial charge in [0.25, 0.3) is 0 Å². The zero-order valence-corrected chi connectivity index (χ0v) is 30.5. The number of hydrogen-bond donors (Lipinski definition) is 0. The molecular formula is C52H39N. The van der Waals surface area contributed by atoms with Crippen molar-refractivity contribution in [3.8, 4) is 22.3 Å². The van der Waals surface area contributed by atoms with E-state index in [0.717, 1.165) is 5.69 Å². The Morgan fingerprint density at radius 3 is 1.68 bits per heavy atom. The van der Waals surface area contributed by atoms with Gasteiger partial charge in [-0.15, -0.1) is 0 Å². The molecule has 9 aromatic carbocycles. The first kappa shape index (κ1) is 30.4. The standard InChI is InChI=1S/C52H39N/c1-51(2)44-31-35(27-29-42(44)46-40-24-14-12-22-38(40)39-23-13-15-25-41(39)49(46)51)53(34-18-6-5-7-19-34)50-37-21-11-9-17-33(37)30-45-47(50)43-28-26-32-16-8-10-20-36(32)48(43)52(45,3)4/h5-31H,1-4H3. The lowest BCUT2D eigenvalue weighted by atomic mass is 9.79. The molecule has 2 aliphatic carbocycles. The molecule has 9 aromatic rings. The van der Waals surface area contributed by atoms with Crippen molar-refractivity contribution in [1.29, 1.82) is 0 Å². The van der Waals surface area contributed by atoms with Crippen molar-refractivity contribution in [1.82, 2.24) is 0 Å². The molecule has 2 aliphatic rings. The molecule has 1 nitrogen and oxygen atoms in total. The van der Waals surface area contributed by atoms with Crippen molar-refractivity contribution in [2.45, 2.75) is 38.5 Å². The topological polar surface area (TPSA) is 3.24 Å². The molecule has 1 heteroatoms. The van der Waals surface area contributed by atoms with E-state index in [1.807, 2.05) is 0 Å². The van der Waals surface area contributed by atoms with Gasteiger partial charge in [-0.1, -0.05) is 161 Å². The maximum atomic E-state index is 2.55. The fraction of sp³-hybridized carbons (Fsp3) is 0.115. The molecule has 0 radical (unpaired) electrons. The SMILES string of the molecule is CC1(C)c2cc3ccccc3c(N(c3ccccc3)c3ccc4c(c3)C(C)(C)c3c-4c4ccccc4c4ccccc34)c2-c2ccc3ccccc3c21. The molecule has 0 unspecified atom stereocenters. The van der Waals surface area contributed by atoms with Crippen LogP contribution in [-0.2, 0) is 10.8 Å². The quantitative estimate of drug-likeness (QED) is 0.168. The van der Waals surface area contributed by atoms with Crippen LogP contribution in [0, 0.1) is 0 Å². The summed E-state index contributed by atoms with van der Waals surface area (Å²) >= 11 is 0. The van der Waals surface area contributed by atoms with Crippen LogP contribution in [0.5, 0.6) is 0 Å². The molecule has 252 valence electrons. The minimum atomic E-state index is -0.207. The van der Waals surface area contributed by atoms with E-state index >= 15 is 0 Å². The van der Waals surface area contributed by atoms with E-state index in [4.69, 9.17) is 0 Å². The smallest absolute Gasteiger partial charge is 0.0621 e. The molecule has 11 rings (SSSR count). The first-order chi connectivity index (χ1) is 25.8. The Labute approximate surface area is 310 Å². The predicted octanol–water partition coefficient (Wildman–Crippen LogP) is 14.4. The molecule has 0 saturated carbocycles. The summed E-state index contributed by atoms with van der Waals surface area (Å²) < 4.78 is 0. The summed E-state index contributed by atoms with van der Waals surface area (Å²) in [6.45, 7) is 9.68. The van der Waals surface area contributed by atoms with Crippen molar-refractivity contribution in [3.05, 3.63) is 186 Å². The van der Waals surface area contributed by atoms with Gasteiger partial charge in [-0.25, -0.2) is 0 Å². The van der Waals surface area contributed by atoms with Gasteiger partial charge in [0.2, 0.25) is 0 Å². The number of fused-ring (bicyclic) bond motifs is 14. The molecule has 0 bridgehead atoms. The van der Waals surface area contributed by atoms with Crippen LogP contribution in [0.1, 0.15) is 49.9 Å². The van der Waals surface area contributed by atoms with Crippen molar-refractivity contribution in [3.63, 3.8) is 0 Å². The molecule has 0 spiro atoms. The summed E-state index contributed by atoms with van der Waals surface area (Å²) in [5.41, 5.74) is 14.2. The van der Waals surface area contributed by atoms with E-state index in [1.54, 1.807) is 0 Å². The largest absolute Gasteiger partial charge is 0.309 e. The van der Waals surface area contributed by atoms with Crippen LogP contribution < -0.4 is 4.90 Å². The average molecular weight is 678 g/mol. The third-order valence-electron chi connectivity index (χ3n) is 12.5. The van der Waals surface area contributed by atoms with Crippen LogP contribution >= 0.6 is 0 Å². The fourth-order valence-electron chi connectivity index (χ4n) is 10.2. The van der Waals surface area contributed by atoms with Gasteiger partial charge in [0.05, 0.1) is 5.69 Å². The second-order valence-corrected chi connectivity index (χ2v) is 16.1. The van der Waals surface area contributed by atoms with Crippen LogP contribution in [-0.4, -0.2) is 0 Å². The predicted molar refractivity (Wildman–Crippen MR) is 226 cm³/mol. The Hall–Kier alpha value is -6.18. The van der Waals surface area contributed by atoms with Crippen LogP contribution in [0.3, 0.4) is 0 Å². The van der Waals surface area contributed by atoms with E-state index in [-0.39, 0.29) is 10.8 Å².